The first-order chi connectivity index (χ1) is 69.0. The second kappa shape index (κ2) is 31.5. The Morgan fingerprint density at radius 2 is 0.468 bits per heavy atom. The van der Waals surface area contributed by atoms with Crippen LogP contribution in [-0.2, 0) is 0 Å². The van der Waals surface area contributed by atoms with E-state index in [4.69, 9.17) is 4.42 Å². The highest BCUT2D eigenvalue weighted by atomic mass is 32.1. The van der Waals surface area contributed by atoms with Gasteiger partial charge in [-0.25, -0.2) is 0 Å². The molecule has 8 aliphatic heterocycles. The molecule has 10 nitrogen and oxygen atoms in total. The number of hydrogen-bond donors (Lipinski definition) is 0. The molecule has 0 fully saturated rings. The van der Waals surface area contributed by atoms with Crippen LogP contribution < -0.4 is 60.3 Å². The van der Waals surface area contributed by atoms with E-state index in [1.807, 2.05) is 17.4 Å². The molecule has 0 amide bonds. The Morgan fingerprint density at radius 3 is 0.906 bits per heavy atom. The van der Waals surface area contributed by atoms with E-state index >= 15 is 0 Å². The lowest BCUT2D eigenvalue weighted by atomic mass is 9.59. The van der Waals surface area contributed by atoms with Gasteiger partial charge in [0.15, 0.2) is 0 Å². The van der Waals surface area contributed by atoms with Gasteiger partial charge in [-0.3, -0.25) is 0 Å². The Kier molecular flexibility index (Phi) is 17.9. The summed E-state index contributed by atoms with van der Waals surface area (Å²) in [6.07, 6.45) is 0. The van der Waals surface area contributed by atoms with Crippen molar-refractivity contribution in [3.8, 4) is 50.2 Å². The summed E-state index contributed by atoms with van der Waals surface area (Å²) >= 11 is 1.89. The van der Waals surface area contributed by atoms with Crippen molar-refractivity contribution >= 4 is 227 Å². The molecule has 0 unspecified atom stereocenters. The first-order valence-electron chi connectivity index (χ1n) is 47.9. The van der Waals surface area contributed by atoms with Gasteiger partial charge < -0.3 is 47.5 Å². The van der Waals surface area contributed by atoms with Crippen LogP contribution in [0.1, 0.15) is 0 Å². The topological polar surface area (TPSA) is 44.0 Å². The monoisotopic (exact) mass is 1790 g/mol. The van der Waals surface area contributed by atoms with Gasteiger partial charge in [0.2, 0.25) is 0 Å². The number of benzene rings is 21. The van der Waals surface area contributed by atoms with Gasteiger partial charge in [0, 0.05) is 115 Å². The average Bonchev–Trinajstić information content (AvgIpc) is 1.26. The van der Waals surface area contributed by atoms with Crippen LogP contribution >= 0.6 is 11.3 Å². The highest BCUT2D eigenvalue weighted by Crippen LogP contribution is 2.58. The summed E-state index contributed by atoms with van der Waals surface area (Å²) in [6.45, 7) is 0.146. The van der Waals surface area contributed by atoms with E-state index in [9.17, 15) is 0 Å². The van der Waals surface area contributed by atoms with E-state index in [0.717, 1.165) is 16.6 Å². The normalized spacial score (nSPS) is 13.6. The Balaban J connectivity index is 0.0000000895. The predicted molar refractivity (Wildman–Crippen MR) is 590 cm³/mol. The SMILES string of the molecule is c1ccc(N2B3c4cc5c(cc4-c4ccccc4N3c3ccccc32)c2ccccc2n5-c2ccccc2)cc1.c1ccc(N2B3c4cc5ccccc5cc4-c4ccccc4N3c3ccccc32)cc1.c1ccc(N2B3c4cc5oc6ccccc6c5cc4-c4ccccc4N3c3ccccc32)cc1.c1ccc(N2B3c4cc5sc6ccccc6c5cc4-c4ccccc4N3c3ccccc32)cc1. The number of rotatable bonds is 5. The third-order valence-electron chi connectivity index (χ3n) is 29.5. The van der Waals surface area contributed by atoms with E-state index in [1.165, 1.54) is 221 Å². The Hall–Kier alpha value is -17.6. The molecule has 21 aromatic carbocycles. The molecule has 0 spiro atoms. The fourth-order valence-electron chi connectivity index (χ4n) is 23.8. The highest BCUT2D eigenvalue weighted by molar-refractivity contribution is 7.26. The summed E-state index contributed by atoms with van der Waals surface area (Å²) in [5.74, 6) is 0. The van der Waals surface area contributed by atoms with E-state index in [0.29, 0.717) is 0 Å². The van der Waals surface area contributed by atoms with Crippen LogP contribution in [0.2, 0.25) is 0 Å². The predicted octanol–water partition coefficient (Wildman–Crippen LogP) is 29.9. The van der Waals surface area contributed by atoms with Crippen LogP contribution in [0.4, 0.5) is 91.0 Å². The quantitative estimate of drug-likeness (QED) is 0.157. The maximum atomic E-state index is 6.34. The van der Waals surface area contributed by atoms with Crippen LogP contribution in [0.15, 0.2) is 496 Å². The van der Waals surface area contributed by atoms with Crippen molar-refractivity contribution in [2.75, 3.05) is 38.5 Å². The molecule has 15 heteroatoms. The molecule has 11 heterocycles. The molecule has 8 aliphatic rings. The lowest BCUT2D eigenvalue weighted by Crippen LogP contribution is -2.55. The molecular weight excluding hydrogens is 1710 g/mol. The van der Waals surface area contributed by atoms with E-state index in [2.05, 4.69) is 528 Å². The molecule has 0 bridgehead atoms. The van der Waals surface area contributed by atoms with Crippen molar-refractivity contribution in [3.63, 3.8) is 0 Å². The molecule has 0 atom stereocenters. The van der Waals surface area contributed by atoms with Gasteiger partial charge in [0.25, 0.3) is 0 Å². The first-order valence-corrected chi connectivity index (χ1v) is 48.7. The molecule has 24 aromatic rings. The van der Waals surface area contributed by atoms with Crippen molar-refractivity contribution in [1.82, 2.24) is 4.57 Å². The molecule has 0 N–H and O–H groups in total. The zero-order valence-corrected chi connectivity index (χ0v) is 76.2. The van der Waals surface area contributed by atoms with Crippen molar-refractivity contribution in [3.05, 3.63) is 491 Å². The maximum absolute atomic E-state index is 6.34. The minimum atomic E-state index is -0.00339. The maximum Gasteiger partial charge on any atom is 0.421 e. The summed E-state index contributed by atoms with van der Waals surface area (Å²) in [5.41, 5.74) is 40.8. The molecule has 0 saturated carbocycles. The van der Waals surface area contributed by atoms with Gasteiger partial charge in [-0.1, -0.05) is 297 Å². The molecule has 0 saturated heterocycles. The Morgan fingerprint density at radius 1 is 0.165 bits per heavy atom. The molecule has 646 valence electrons. The lowest BCUT2D eigenvalue weighted by molar-refractivity contribution is 0.669. The van der Waals surface area contributed by atoms with Crippen molar-refractivity contribution < 1.29 is 4.42 Å². The number of anilines is 16. The van der Waals surface area contributed by atoms with Gasteiger partial charge in [-0.05, 0) is 249 Å². The van der Waals surface area contributed by atoms with Gasteiger partial charge in [-0.2, -0.15) is 0 Å². The summed E-state index contributed by atoms with van der Waals surface area (Å²) in [4.78, 5) is 20.0. The number of furan rings is 1. The summed E-state index contributed by atoms with van der Waals surface area (Å²) in [6, 6.07) is 178. The largest absolute Gasteiger partial charge is 0.456 e. The number of para-hydroxylation sites is 19. The van der Waals surface area contributed by atoms with Gasteiger partial charge in [0.1, 0.15) is 11.2 Å². The molecule has 0 radical (unpaired) electrons. The van der Waals surface area contributed by atoms with Gasteiger partial charge in [0.05, 0.1) is 56.5 Å². The zero-order valence-electron chi connectivity index (χ0n) is 75.4. The number of aromatic nitrogens is 1. The van der Waals surface area contributed by atoms with Crippen LogP contribution in [-0.4, -0.2) is 32.5 Å². The minimum absolute atomic E-state index is 0.00214. The summed E-state index contributed by atoms with van der Waals surface area (Å²) < 4.78 is 11.5. The second-order valence-corrected chi connectivity index (χ2v) is 37.9. The average molecular weight is 1790 g/mol. The zero-order chi connectivity index (χ0) is 91.0. The minimum Gasteiger partial charge on any atom is -0.456 e. The smallest absolute Gasteiger partial charge is 0.421 e. The second-order valence-electron chi connectivity index (χ2n) is 36.8. The molecular formula is C124H81B4N9OS. The lowest BCUT2D eigenvalue weighted by Gasteiger charge is -2.36. The van der Waals surface area contributed by atoms with Crippen LogP contribution in [0, 0.1) is 0 Å². The first kappa shape index (κ1) is 78.8. The molecule has 3 aromatic heterocycles. The molecule has 0 aliphatic carbocycles. The summed E-state index contributed by atoms with van der Waals surface area (Å²) in [5, 5.41) is 10.1. The van der Waals surface area contributed by atoms with E-state index in [1.54, 1.807) is 0 Å². The number of fused-ring (bicyclic) bond motifs is 42. The summed E-state index contributed by atoms with van der Waals surface area (Å²) in [7, 11) is 0. The number of hydrogen-bond acceptors (Lipinski definition) is 10. The van der Waals surface area contributed by atoms with Crippen molar-refractivity contribution in [2.24, 2.45) is 0 Å². The van der Waals surface area contributed by atoms with Crippen LogP contribution in [0.5, 0.6) is 0 Å². The van der Waals surface area contributed by atoms with Gasteiger partial charge in [-0.15, -0.1) is 11.3 Å². The van der Waals surface area contributed by atoms with Crippen molar-refractivity contribution in [2.45, 2.75) is 0 Å². The fourth-order valence-corrected chi connectivity index (χ4v) is 24.9. The van der Waals surface area contributed by atoms with Gasteiger partial charge >= 0.3 is 27.9 Å². The number of nitrogens with zero attached hydrogens (tertiary/aromatic N) is 9. The van der Waals surface area contributed by atoms with Crippen LogP contribution in [0.3, 0.4) is 0 Å². The fraction of sp³-hybridized carbons (Fsp3) is 0. The Labute approximate surface area is 809 Å². The standard InChI is InChI=1S/C36H24BN3.C30H19BN2O.C30H19BN2S.C28H19BN2/c1-3-13-25(14-4-1)38-32-19-9-7-18-28(32)30-23-29-27-17-8-10-20-33(27)40-35-22-12-11-21-34(35)39(26-15-5-2-6-16-26)37(40)31(29)24-36(30)38;2*1-2-10-20(11-3-1)32-27-15-7-8-16-28(27)33-26-14-6-4-12-21(26)23-18-24-22-13-5-9-17-29(22)34-30(24)19-25(23)31(32)33;1-2-12-22(13-3-1)30-27-16-8-9-17-28(27)31-26-15-7-6-14-23(26)24-18-20-10-4-5-11-21(20)19-25(24)29(30)31/h1-24H;2*1-19H;1-19H. The van der Waals surface area contributed by atoms with E-state index < -0.39 is 0 Å². The number of thiophene rings is 1. The van der Waals surface area contributed by atoms with Crippen LogP contribution in [0.25, 0.3) is 125 Å². The van der Waals surface area contributed by atoms with E-state index in [-0.39, 0.29) is 27.9 Å². The molecule has 32 rings (SSSR count). The third kappa shape index (κ3) is 12.0. The molecule has 139 heavy (non-hydrogen) atoms. The Bertz CT molecular complexity index is 8760. The van der Waals surface area contributed by atoms with Crippen molar-refractivity contribution in [1.29, 1.82) is 0 Å². The highest BCUT2D eigenvalue weighted by Gasteiger charge is 2.53. The third-order valence-corrected chi connectivity index (χ3v) is 30.6.